The van der Waals surface area contributed by atoms with Gasteiger partial charge in [0.1, 0.15) is 0 Å². The number of aryl methyl sites for hydroxylation is 1. The van der Waals surface area contributed by atoms with Gasteiger partial charge in [0, 0.05) is 4.47 Å². The van der Waals surface area contributed by atoms with Gasteiger partial charge in [-0.25, -0.2) is 0 Å². The fourth-order valence-corrected chi connectivity index (χ4v) is 1.86. The van der Waals surface area contributed by atoms with Crippen molar-refractivity contribution in [2.24, 2.45) is 0 Å². The van der Waals surface area contributed by atoms with Gasteiger partial charge < -0.3 is 0 Å². The Kier molecular flexibility index (Phi) is 5.71. The van der Waals surface area contributed by atoms with E-state index in [1.165, 1.54) is 6.92 Å². The van der Waals surface area contributed by atoms with Crippen molar-refractivity contribution in [1.82, 2.24) is 0 Å². The predicted octanol–water partition coefficient (Wildman–Crippen LogP) is 5.82. The van der Waals surface area contributed by atoms with Crippen molar-refractivity contribution in [3.05, 3.63) is 33.3 Å². The Balaban J connectivity index is 0.00000137. The molecule has 1 aromatic rings. The van der Waals surface area contributed by atoms with E-state index in [0.29, 0.717) is 12.1 Å². The lowest BCUT2D eigenvalue weighted by atomic mass is 10.1. The smallest absolute Gasteiger partial charge is 0.166 e. The molecule has 104 valence electrons. The summed E-state index contributed by atoms with van der Waals surface area (Å²) < 4.78 is 73.4. The number of alkyl halides is 6. The topological polar surface area (TPSA) is 0 Å². The minimum absolute atomic E-state index is 0.0946. The van der Waals surface area contributed by atoms with Crippen molar-refractivity contribution in [2.45, 2.75) is 33.1 Å². The van der Waals surface area contributed by atoms with Crippen LogP contribution in [0.2, 0.25) is 0 Å². The van der Waals surface area contributed by atoms with E-state index in [1.54, 1.807) is 0 Å². The van der Waals surface area contributed by atoms with Gasteiger partial charge in [0.05, 0.1) is 11.1 Å². The Hall–Kier alpha value is -0.720. The molecule has 0 radical (unpaired) electrons. The van der Waals surface area contributed by atoms with Gasteiger partial charge in [0.15, 0.2) is 0 Å². The highest BCUT2D eigenvalue weighted by Gasteiger charge is 2.40. The minimum atomic E-state index is -4.81. The Morgan fingerprint density at radius 3 is 1.33 bits per heavy atom. The predicted molar refractivity (Wildman–Crippen MR) is 60.2 cm³/mol. The lowest BCUT2D eigenvalue weighted by molar-refractivity contribution is -0.144. The van der Waals surface area contributed by atoms with Crippen molar-refractivity contribution in [1.29, 1.82) is 0 Å². The van der Waals surface area contributed by atoms with Crippen LogP contribution < -0.4 is 0 Å². The van der Waals surface area contributed by atoms with Gasteiger partial charge in [-0.1, -0.05) is 13.8 Å². The van der Waals surface area contributed by atoms with Gasteiger partial charge in [0.2, 0.25) is 0 Å². The van der Waals surface area contributed by atoms with E-state index in [2.05, 4.69) is 15.9 Å². The molecule has 7 heteroatoms. The molecule has 0 N–H and O–H groups in total. The van der Waals surface area contributed by atoms with E-state index in [1.807, 2.05) is 13.8 Å². The highest BCUT2D eigenvalue weighted by Crippen LogP contribution is 2.42. The molecule has 0 fully saturated rings. The standard InChI is InChI=1S/C9H5BrF6.C2H6/c1-4-2-5(8(11,12)13)7(10)6(3-4)9(14,15)16;1-2/h2-3H,1H3;1-2H3. The third-order valence-corrected chi connectivity index (χ3v) is 2.68. The SMILES string of the molecule is CC.Cc1cc(C(F)(F)F)c(Br)c(C(F)(F)F)c1. The van der Waals surface area contributed by atoms with Crippen molar-refractivity contribution in [3.8, 4) is 0 Å². The fourth-order valence-electron chi connectivity index (χ4n) is 1.18. The Labute approximate surface area is 109 Å². The first-order valence-corrected chi connectivity index (χ1v) is 5.77. The number of halogens is 7. The van der Waals surface area contributed by atoms with Gasteiger partial charge in [-0.05, 0) is 40.5 Å². The summed E-state index contributed by atoms with van der Waals surface area (Å²) in [7, 11) is 0. The van der Waals surface area contributed by atoms with E-state index in [0.717, 1.165) is 0 Å². The van der Waals surface area contributed by atoms with Gasteiger partial charge in [0.25, 0.3) is 0 Å². The molecule has 0 aliphatic heterocycles. The zero-order valence-electron chi connectivity index (χ0n) is 9.80. The first kappa shape index (κ1) is 17.3. The molecule has 0 heterocycles. The molecule has 0 amide bonds. The van der Waals surface area contributed by atoms with Gasteiger partial charge in [-0.15, -0.1) is 0 Å². The van der Waals surface area contributed by atoms with Crippen molar-refractivity contribution < 1.29 is 26.3 Å². The summed E-state index contributed by atoms with van der Waals surface area (Å²) in [6.07, 6.45) is -9.63. The minimum Gasteiger partial charge on any atom is -0.166 e. The molecule has 0 atom stereocenters. The van der Waals surface area contributed by atoms with E-state index < -0.39 is 28.0 Å². The zero-order valence-corrected chi connectivity index (χ0v) is 11.4. The van der Waals surface area contributed by atoms with Crippen LogP contribution in [-0.2, 0) is 12.4 Å². The van der Waals surface area contributed by atoms with Crippen LogP contribution in [0, 0.1) is 6.92 Å². The molecule has 0 aliphatic carbocycles. The van der Waals surface area contributed by atoms with Gasteiger partial charge in [-0.3, -0.25) is 0 Å². The maximum Gasteiger partial charge on any atom is 0.417 e. The molecular weight excluding hydrogens is 326 g/mol. The van der Waals surface area contributed by atoms with Crippen LogP contribution in [0.25, 0.3) is 0 Å². The molecule has 0 saturated carbocycles. The maximum atomic E-state index is 12.4. The molecule has 0 aromatic heterocycles. The second-order valence-electron chi connectivity index (χ2n) is 3.17. The molecular formula is C11H11BrF6. The summed E-state index contributed by atoms with van der Waals surface area (Å²) in [4.78, 5) is 0. The van der Waals surface area contributed by atoms with Gasteiger partial charge in [-0.2, -0.15) is 26.3 Å². The monoisotopic (exact) mass is 336 g/mol. The van der Waals surface area contributed by atoms with Crippen LogP contribution in [-0.4, -0.2) is 0 Å². The lowest BCUT2D eigenvalue weighted by Gasteiger charge is -2.15. The highest BCUT2D eigenvalue weighted by atomic mass is 79.9. The molecule has 1 aromatic carbocycles. The van der Waals surface area contributed by atoms with E-state index in [-0.39, 0.29) is 5.56 Å². The Morgan fingerprint density at radius 2 is 1.11 bits per heavy atom. The highest BCUT2D eigenvalue weighted by molar-refractivity contribution is 9.10. The van der Waals surface area contributed by atoms with Crippen LogP contribution in [0.4, 0.5) is 26.3 Å². The molecule has 0 aliphatic rings. The number of hydrogen-bond donors (Lipinski definition) is 0. The van der Waals surface area contributed by atoms with Crippen molar-refractivity contribution >= 4 is 15.9 Å². The van der Waals surface area contributed by atoms with E-state index in [9.17, 15) is 26.3 Å². The van der Waals surface area contributed by atoms with Crippen LogP contribution >= 0.6 is 15.9 Å². The Bertz CT molecular complexity index is 370. The van der Waals surface area contributed by atoms with E-state index in [4.69, 9.17) is 0 Å². The molecule has 0 nitrogen and oxygen atoms in total. The van der Waals surface area contributed by atoms with E-state index >= 15 is 0 Å². The third-order valence-electron chi connectivity index (χ3n) is 1.83. The summed E-state index contributed by atoms with van der Waals surface area (Å²) >= 11 is 2.35. The number of hydrogen-bond acceptors (Lipinski definition) is 0. The average Bonchev–Trinajstić information content (AvgIpc) is 2.21. The fraction of sp³-hybridized carbons (Fsp3) is 0.455. The second kappa shape index (κ2) is 5.95. The summed E-state index contributed by atoms with van der Waals surface area (Å²) in [5.74, 6) is 0. The molecule has 1 rings (SSSR count). The number of rotatable bonds is 0. The maximum absolute atomic E-state index is 12.4. The van der Waals surface area contributed by atoms with Gasteiger partial charge >= 0.3 is 12.4 Å². The summed E-state index contributed by atoms with van der Waals surface area (Å²) in [5, 5.41) is 0. The molecule has 0 saturated heterocycles. The summed E-state index contributed by atoms with van der Waals surface area (Å²) in [6.45, 7) is 5.18. The van der Waals surface area contributed by atoms with Crippen molar-refractivity contribution in [3.63, 3.8) is 0 Å². The second-order valence-corrected chi connectivity index (χ2v) is 3.96. The lowest BCUT2D eigenvalue weighted by Crippen LogP contribution is -2.13. The van der Waals surface area contributed by atoms with Crippen LogP contribution in [0.1, 0.15) is 30.5 Å². The average molecular weight is 337 g/mol. The van der Waals surface area contributed by atoms with Crippen LogP contribution in [0.5, 0.6) is 0 Å². The molecule has 0 bridgehead atoms. The first-order valence-electron chi connectivity index (χ1n) is 4.98. The normalized spacial score (nSPS) is 11.9. The largest absolute Gasteiger partial charge is 0.417 e. The summed E-state index contributed by atoms with van der Waals surface area (Å²) in [6, 6.07) is 1.33. The Morgan fingerprint density at radius 1 is 0.833 bits per heavy atom. The summed E-state index contributed by atoms with van der Waals surface area (Å²) in [5.41, 5.74) is -2.73. The quantitative estimate of drug-likeness (QED) is 0.523. The third kappa shape index (κ3) is 4.19. The first-order chi connectivity index (χ1) is 8.03. The number of benzene rings is 1. The zero-order chi connectivity index (χ0) is 14.7. The molecule has 0 unspecified atom stereocenters. The van der Waals surface area contributed by atoms with Crippen LogP contribution in [0.15, 0.2) is 16.6 Å². The van der Waals surface area contributed by atoms with Crippen LogP contribution in [0.3, 0.4) is 0 Å². The molecule has 0 spiro atoms. The molecule has 18 heavy (non-hydrogen) atoms. The van der Waals surface area contributed by atoms with Crippen molar-refractivity contribution in [2.75, 3.05) is 0 Å².